The van der Waals surface area contributed by atoms with E-state index >= 15 is 0 Å². The molecule has 1 heterocycles. The standard InChI is InChI=1S/C3H5N2O4P/c6-5-2-3(1-4-5)10(7,8)9/h1-2,6H,(H2,7,8,9). The number of nitrogens with zero attached hydrogens (tertiary/aromatic N) is 2. The molecule has 0 aliphatic carbocycles. The molecule has 10 heavy (non-hydrogen) atoms. The molecule has 1 aromatic heterocycles. The van der Waals surface area contributed by atoms with E-state index in [4.69, 9.17) is 15.0 Å². The van der Waals surface area contributed by atoms with Crippen molar-refractivity contribution in [3.8, 4) is 0 Å². The van der Waals surface area contributed by atoms with Gasteiger partial charge in [-0.3, -0.25) is 4.57 Å². The van der Waals surface area contributed by atoms with Gasteiger partial charge in [0.15, 0.2) is 0 Å². The summed E-state index contributed by atoms with van der Waals surface area (Å²) in [4.78, 5) is 17.2. The summed E-state index contributed by atoms with van der Waals surface area (Å²) >= 11 is 0. The van der Waals surface area contributed by atoms with Crippen LogP contribution in [-0.4, -0.2) is 24.9 Å². The van der Waals surface area contributed by atoms with Gasteiger partial charge in [-0.25, -0.2) is 0 Å². The molecule has 56 valence electrons. The van der Waals surface area contributed by atoms with E-state index < -0.39 is 7.60 Å². The quantitative estimate of drug-likeness (QED) is 0.362. The molecule has 0 radical (unpaired) electrons. The summed E-state index contributed by atoms with van der Waals surface area (Å²) in [7, 11) is -4.24. The normalized spacial score (nSPS) is 11.8. The van der Waals surface area contributed by atoms with Crippen LogP contribution in [0, 0.1) is 0 Å². The molecule has 0 spiro atoms. The first-order valence-electron chi connectivity index (χ1n) is 2.30. The first kappa shape index (κ1) is 7.27. The molecule has 6 nitrogen and oxygen atoms in total. The topological polar surface area (TPSA) is 95.6 Å². The summed E-state index contributed by atoms with van der Waals surface area (Å²) < 4.78 is 10.4. The van der Waals surface area contributed by atoms with Crippen LogP contribution in [0.4, 0.5) is 0 Å². The van der Waals surface area contributed by atoms with Crippen LogP contribution in [0.5, 0.6) is 0 Å². The maximum absolute atomic E-state index is 10.4. The highest BCUT2D eigenvalue weighted by atomic mass is 31.2. The summed E-state index contributed by atoms with van der Waals surface area (Å²) in [6, 6.07) is 0. The smallest absolute Gasteiger partial charge is 0.359 e. The van der Waals surface area contributed by atoms with Gasteiger partial charge in [-0.05, 0) is 0 Å². The fourth-order valence-corrected chi connectivity index (χ4v) is 0.909. The van der Waals surface area contributed by atoms with Crippen molar-refractivity contribution in [3.05, 3.63) is 12.4 Å². The minimum Gasteiger partial charge on any atom is -0.412 e. The Balaban J connectivity index is 3.08. The van der Waals surface area contributed by atoms with Crippen LogP contribution in [0.15, 0.2) is 12.4 Å². The second kappa shape index (κ2) is 2.09. The van der Waals surface area contributed by atoms with Gasteiger partial charge in [0.2, 0.25) is 0 Å². The van der Waals surface area contributed by atoms with E-state index in [9.17, 15) is 4.57 Å². The molecule has 0 unspecified atom stereocenters. The van der Waals surface area contributed by atoms with E-state index in [-0.39, 0.29) is 5.30 Å². The van der Waals surface area contributed by atoms with Gasteiger partial charge in [-0.2, -0.15) is 0 Å². The number of hydrogen-bond acceptors (Lipinski definition) is 3. The van der Waals surface area contributed by atoms with Crippen LogP contribution in [0.1, 0.15) is 0 Å². The fourth-order valence-electron chi connectivity index (χ4n) is 0.454. The van der Waals surface area contributed by atoms with Crippen molar-refractivity contribution >= 4 is 12.9 Å². The summed E-state index contributed by atoms with van der Waals surface area (Å²) in [5.74, 6) is 0. The van der Waals surface area contributed by atoms with E-state index in [0.29, 0.717) is 4.85 Å². The van der Waals surface area contributed by atoms with Crippen LogP contribution < -0.4 is 5.30 Å². The Kier molecular flexibility index (Phi) is 1.52. The van der Waals surface area contributed by atoms with Gasteiger partial charge < -0.3 is 15.0 Å². The molecule has 0 saturated carbocycles. The van der Waals surface area contributed by atoms with E-state index in [1.54, 1.807) is 0 Å². The fraction of sp³-hybridized carbons (Fsp3) is 0. The van der Waals surface area contributed by atoms with E-state index in [2.05, 4.69) is 5.10 Å². The van der Waals surface area contributed by atoms with Gasteiger partial charge in [0.1, 0.15) is 5.30 Å². The zero-order chi connectivity index (χ0) is 7.78. The van der Waals surface area contributed by atoms with Gasteiger partial charge in [-0.1, -0.05) is 0 Å². The molecule has 3 N–H and O–H groups in total. The van der Waals surface area contributed by atoms with Crippen molar-refractivity contribution in [1.29, 1.82) is 0 Å². The highest BCUT2D eigenvalue weighted by molar-refractivity contribution is 7.60. The highest BCUT2D eigenvalue weighted by Gasteiger charge is 2.18. The number of rotatable bonds is 1. The van der Waals surface area contributed by atoms with Crippen LogP contribution >= 0.6 is 7.60 Å². The molecule has 0 bridgehead atoms. The van der Waals surface area contributed by atoms with Crippen molar-refractivity contribution in [3.63, 3.8) is 0 Å². The molecule has 0 aromatic carbocycles. The maximum Gasteiger partial charge on any atom is 0.359 e. The predicted octanol–water partition coefficient (Wildman–Crippen LogP) is -1.08. The molecule has 0 saturated heterocycles. The average Bonchev–Trinajstić information content (AvgIpc) is 2.11. The van der Waals surface area contributed by atoms with E-state index in [0.717, 1.165) is 12.4 Å². The lowest BCUT2D eigenvalue weighted by atomic mass is 10.7. The van der Waals surface area contributed by atoms with Crippen molar-refractivity contribution < 1.29 is 19.6 Å². The Morgan fingerprint density at radius 2 is 2.20 bits per heavy atom. The van der Waals surface area contributed by atoms with Crippen LogP contribution in [0.2, 0.25) is 0 Å². The molecule has 0 amide bonds. The minimum atomic E-state index is -4.24. The largest absolute Gasteiger partial charge is 0.412 e. The Morgan fingerprint density at radius 1 is 1.60 bits per heavy atom. The lowest BCUT2D eigenvalue weighted by molar-refractivity contribution is 0.149. The second-order valence-electron chi connectivity index (χ2n) is 1.66. The average molecular weight is 164 g/mol. The first-order valence-corrected chi connectivity index (χ1v) is 3.91. The molecular formula is C3H5N2O4P. The van der Waals surface area contributed by atoms with Crippen molar-refractivity contribution in [2.45, 2.75) is 0 Å². The Hall–Kier alpha value is -0.840. The molecule has 0 fully saturated rings. The summed E-state index contributed by atoms with van der Waals surface area (Å²) in [6.07, 6.45) is 1.75. The van der Waals surface area contributed by atoms with Crippen molar-refractivity contribution in [1.82, 2.24) is 9.94 Å². The van der Waals surface area contributed by atoms with Gasteiger partial charge in [0.25, 0.3) is 0 Å². The second-order valence-corrected chi connectivity index (χ2v) is 3.27. The zero-order valence-electron chi connectivity index (χ0n) is 4.75. The van der Waals surface area contributed by atoms with E-state index in [1.165, 1.54) is 0 Å². The van der Waals surface area contributed by atoms with Gasteiger partial charge in [0.05, 0.1) is 12.4 Å². The number of aromatic nitrogens is 2. The SMILES string of the molecule is O=P(O)(O)c1cnn(O)c1. The van der Waals surface area contributed by atoms with Gasteiger partial charge in [0, 0.05) is 0 Å². The Labute approximate surface area is 55.8 Å². The third-order valence-corrected chi connectivity index (χ3v) is 1.80. The molecule has 0 aliphatic rings. The molecule has 1 aromatic rings. The molecule has 0 aliphatic heterocycles. The first-order chi connectivity index (χ1) is 4.50. The van der Waals surface area contributed by atoms with Crippen molar-refractivity contribution in [2.75, 3.05) is 0 Å². The highest BCUT2D eigenvalue weighted by Crippen LogP contribution is 2.32. The van der Waals surface area contributed by atoms with Gasteiger partial charge in [-0.15, -0.1) is 9.94 Å². The van der Waals surface area contributed by atoms with Gasteiger partial charge >= 0.3 is 7.60 Å². The summed E-state index contributed by atoms with van der Waals surface area (Å²) in [5.41, 5.74) is 0. The summed E-state index contributed by atoms with van der Waals surface area (Å²) in [6.45, 7) is 0. The monoisotopic (exact) mass is 164 g/mol. The lowest BCUT2D eigenvalue weighted by Gasteiger charge is -1.95. The van der Waals surface area contributed by atoms with Crippen LogP contribution in [0.25, 0.3) is 0 Å². The zero-order valence-corrected chi connectivity index (χ0v) is 5.64. The Morgan fingerprint density at radius 3 is 2.40 bits per heavy atom. The van der Waals surface area contributed by atoms with Crippen LogP contribution in [0.3, 0.4) is 0 Å². The Bertz CT molecular complexity index is 276. The predicted molar refractivity (Wildman–Crippen MR) is 31.1 cm³/mol. The third kappa shape index (κ3) is 1.36. The summed E-state index contributed by atoms with van der Waals surface area (Å²) in [5, 5.41) is 11.3. The lowest BCUT2D eigenvalue weighted by Crippen LogP contribution is -1.99. The van der Waals surface area contributed by atoms with E-state index in [1.807, 2.05) is 0 Å². The molecule has 0 atom stereocenters. The van der Waals surface area contributed by atoms with Crippen molar-refractivity contribution in [2.24, 2.45) is 0 Å². The minimum absolute atomic E-state index is 0.296. The van der Waals surface area contributed by atoms with Crippen LogP contribution in [-0.2, 0) is 4.57 Å². The molecule has 1 rings (SSSR count). The third-order valence-electron chi connectivity index (χ3n) is 0.892. The number of hydrogen-bond donors (Lipinski definition) is 3. The molecular weight excluding hydrogens is 159 g/mol. The molecule has 7 heteroatoms. The maximum atomic E-state index is 10.4.